The Morgan fingerprint density at radius 2 is 0.964 bits per heavy atom. The van der Waals surface area contributed by atoms with Crippen LogP contribution in [0, 0.1) is 11.8 Å². The quantitative estimate of drug-likeness (QED) is 0.0327. The van der Waals surface area contributed by atoms with Crippen molar-refractivity contribution in [1.29, 1.82) is 0 Å². The van der Waals surface area contributed by atoms with Crippen LogP contribution in [0.2, 0.25) is 0 Å². The number of aliphatic hydroxyl groups excluding tert-OH is 2. The second-order valence-corrected chi connectivity index (χ2v) is 24.9. The number of aromatic hydroxyl groups is 1. The number of aliphatic hydroxyl groups is 2. The van der Waals surface area contributed by atoms with E-state index >= 15 is 0 Å². The van der Waals surface area contributed by atoms with E-state index in [0.717, 1.165) is 92.2 Å². The standard InChI is InChI=1S/C32H44N2O7.C29H38N2O7.C3H7Br/c1-22(2)39-25-14-12-24(13-15-25)19-34(41-26-10-6-7-11-26)20-29(35)28(18-23-8-4-3-5-9-23)33-32(36)40-30-21-38-31-27(30)16-17-37-31;32-22-12-10-21(11-13-22)17-31(38-23-8-4-5-9-23)18-26(33)25(16-20-6-2-1-3-7-20)30-29(34)37-27-19-36-28-24(27)14-15-35-28;1-3(2)4/h3-5,8-9,12-15,22,26-31,35H,6-7,10-11,16-21H2,1-2H3,(H,33,36);1-3,6-7,10-13,23-28,32-33H,4-5,8-9,14-19H2,(H,30,34);3H,1-2H3. The Labute approximate surface area is 498 Å². The lowest BCUT2D eigenvalue weighted by atomic mass is 10.0. The highest BCUT2D eigenvalue weighted by Crippen LogP contribution is 2.35. The summed E-state index contributed by atoms with van der Waals surface area (Å²) >= 11 is 3.27. The van der Waals surface area contributed by atoms with Crippen molar-refractivity contribution in [1.82, 2.24) is 20.8 Å². The van der Waals surface area contributed by atoms with Gasteiger partial charge in [-0.3, -0.25) is 9.68 Å². The molecule has 10 atom stereocenters. The minimum absolute atomic E-state index is 0.0406. The molecule has 0 bridgehead atoms. The Kier molecular flexibility index (Phi) is 25.6. The van der Waals surface area contributed by atoms with Gasteiger partial charge < -0.3 is 59.1 Å². The van der Waals surface area contributed by atoms with Crippen LogP contribution in [-0.2, 0) is 64.0 Å². The SMILES string of the molecule is CC(C)Br.CC(C)Oc1ccc(CN(CC(O)C(Cc2ccccc2)NC(=O)OC2COC3OCCC23)OC2CCCC2)cc1.O=C(NC(Cc1ccccc1)C(O)CN(Cc1ccc(O)cc1)OC1CCCC1)OC1COC2OCCC12. The van der Waals surface area contributed by atoms with Gasteiger partial charge in [-0.15, -0.1) is 0 Å². The molecule has 4 heterocycles. The van der Waals surface area contributed by atoms with E-state index < -0.39 is 36.5 Å². The van der Waals surface area contributed by atoms with Crippen LogP contribution in [0.3, 0.4) is 0 Å². The van der Waals surface area contributed by atoms with Gasteiger partial charge in [-0.2, -0.15) is 10.1 Å². The molecule has 0 radical (unpaired) electrons. The molecule has 6 aliphatic rings. The van der Waals surface area contributed by atoms with Gasteiger partial charge in [-0.05, 0) is 112 Å². The Bertz CT molecular complexity index is 2490. The first-order valence-electron chi connectivity index (χ1n) is 30.0. The highest BCUT2D eigenvalue weighted by atomic mass is 79.9. The summed E-state index contributed by atoms with van der Waals surface area (Å²) in [5.41, 5.74) is 4.00. The van der Waals surface area contributed by atoms with Crippen LogP contribution in [0.5, 0.6) is 11.5 Å². The van der Waals surface area contributed by atoms with E-state index in [1.54, 1.807) is 17.2 Å². The molecule has 2 aliphatic carbocycles. The van der Waals surface area contributed by atoms with Crippen LogP contribution in [0.15, 0.2) is 109 Å². The first kappa shape index (κ1) is 64.1. The number of hydroxylamine groups is 4. The van der Waals surface area contributed by atoms with Gasteiger partial charge in [0.25, 0.3) is 0 Å². The Hall–Kier alpha value is -4.90. The third-order valence-corrected chi connectivity index (χ3v) is 15.6. The lowest BCUT2D eigenvalue weighted by molar-refractivity contribution is -0.214. The van der Waals surface area contributed by atoms with Crippen molar-refractivity contribution < 1.29 is 67.7 Å². The number of alkyl carbamates (subject to hydrolysis) is 2. The summed E-state index contributed by atoms with van der Waals surface area (Å²) in [6, 6.07) is 33.3. The summed E-state index contributed by atoms with van der Waals surface area (Å²) < 4.78 is 39.6. The molecule has 10 unspecified atom stereocenters. The van der Waals surface area contributed by atoms with Gasteiger partial charge in [-0.25, -0.2) is 9.59 Å². The van der Waals surface area contributed by atoms with Crippen molar-refractivity contribution in [2.24, 2.45) is 11.8 Å². The van der Waals surface area contributed by atoms with Gasteiger partial charge in [0.15, 0.2) is 12.6 Å². The predicted octanol–water partition coefficient (Wildman–Crippen LogP) is 9.93. The number of benzene rings is 4. The molecule has 0 aromatic heterocycles. The summed E-state index contributed by atoms with van der Waals surface area (Å²) in [7, 11) is 0. The van der Waals surface area contributed by atoms with E-state index in [1.807, 2.05) is 116 Å². The number of phenolic OH excluding ortho intramolecular Hbond substituents is 1. The molecule has 2 saturated carbocycles. The number of hydrogen-bond donors (Lipinski definition) is 5. The third-order valence-electron chi connectivity index (χ3n) is 15.6. The van der Waals surface area contributed by atoms with Crippen molar-refractivity contribution >= 4 is 28.1 Å². The maximum atomic E-state index is 13.1. The average Bonchev–Trinajstić information content (AvgIpc) is 4.40. The molecule has 456 valence electrons. The van der Waals surface area contributed by atoms with E-state index in [1.165, 1.54) is 0 Å². The Morgan fingerprint density at radius 1 is 0.566 bits per heavy atom. The van der Waals surface area contributed by atoms with Gasteiger partial charge >= 0.3 is 12.2 Å². The number of carbonyl (C=O) groups is 2. The van der Waals surface area contributed by atoms with E-state index in [9.17, 15) is 24.9 Å². The molecule has 2 amide bonds. The van der Waals surface area contributed by atoms with Gasteiger partial charge in [0.1, 0.15) is 23.7 Å². The normalized spacial score (nSPS) is 23.7. The summed E-state index contributed by atoms with van der Waals surface area (Å²) in [5, 5.41) is 42.1. The molecule has 6 fully saturated rings. The molecule has 4 aromatic carbocycles. The fourth-order valence-electron chi connectivity index (χ4n) is 11.4. The number of amides is 2. The van der Waals surface area contributed by atoms with Gasteiger partial charge in [0, 0.05) is 17.9 Å². The first-order chi connectivity index (χ1) is 40.2. The molecule has 0 spiro atoms. The lowest BCUT2D eigenvalue weighted by Crippen LogP contribution is -2.50. The zero-order valence-corrected chi connectivity index (χ0v) is 50.3. The van der Waals surface area contributed by atoms with Crippen molar-refractivity contribution in [3.05, 3.63) is 131 Å². The van der Waals surface area contributed by atoms with E-state index in [2.05, 4.69) is 40.4 Å². The van der Waals surface area contributed by atoms with Crippen molar-refractivity contribution in [2.45, 2.75) is 190 Å². The number of ether oxygens (including phenoxy) is 7. The molecule has 19 heteroatoms. The smallest absolute Gasteiger partial charge is 0.407 e. The first-order valence-corrected chi connectivity index (χ1v) is 31.0. The Morgan fingerprint density at radius 3 is 1.36 bits per heavy atom. The summed E-state index contributed by atoms with van der Waals surface area (Å²) in [5.74, 6) is 1.11. The lowest BCUT2D eigenvalue weighted by Gasteiger charge is -2.31. The molecule has 5 N–H and O–H groups in total. The number of carbonyl (C=O) groups excluding carboxylic acids is 2. The molecule has 4 aromatic rings. The third kappa shape index (κ3) is 21.2. The van der Waals surface area contributed by atoms with E-state index in [0.29, 0.717) is 57.2 Å². The number of alkyl halides is 1. The number of halogens is 1. The second-order valence-electron chi connectivity index (χ2n) is 23.1. The van der Waals surface area contributed by atoms with E-state index in [4.69, 9.17) is 42.8 Å². The summed E-state index contributed by atoms with van der Waals surface area (Å²) in [6.07, 6.45) is 7.02. The van der Waals surface area contributed by atoms with Crippen LogP contribution in [-0.4, -0.2) is 149 Å². The number of fused-ring (bicyclic) bond motifs is 2. The monoisotopic (exact) mass is 1220 g/mol. The molecular weight excluding hydrogens is 1130 g/mol. The van der Waals surface area contributed by atoms with E-state index in [-0.39, 0.29) is 73.8 Å². The summed E-state index contributed by atoms with van der Waals surface area (Å²) in [4.78, 5) is 39.4. The Balaban J connectivity index is 0.000000204. The van der Waals surface area contributed by atoms with Crippen molar-refractivity contribution in [3.8, 4) is 11.5 Å². The van der Waals surface area contributed by atoms with Crippen LogP contribution in [0.25, 0.3) is 0 Å². The van der Waals surface area contributed by atoms with Crippen molar-refractivity contribution in [3.63, 3.8) is 0 Å². The number of rotatable bonds is 24. The van der Waals surface area contributed by atoms with Crippen molar-refractivity contribution in [2.75, 3.05) is 39.5 Å². The minimum Gasteiger partial charge on any atom is -0.508 e. The average molecular weight is 1220 g/mol. The van der Waals surface area contributed by atoms with Crippen LogP contribution in [0.1, 0.15) is 114 Å². The fourth-order valence-corrected chi connectivity index (χ4v) is 11.4. The maximum absolute atomic E-state index is 13.1. The topological polar surface area (TPSA) is 208 Å². The highest BCUT2D eigenvalue weighted by molar-refractivity contribution is 9.09. The molecule has 10 rings (SSSR count). The minimum atomic E-state index is -0.927. The van der Waals surface area contributed by atoms with Gasteiger partial charge in [0.2, 0.25) is 0 Å². The zero-order valence-electron chi connectivity index (χ0n) is 48.7. The summed E-state index contributed by atoms with van der Waals surface area (Å²) in [6.45, 7) is 11.4. The van der Waals surface area contributed by atoms with Crippen LogP contribution < -0.4 is 15.4 Å². The fraction of sp³-hybridized carbons (Fsp3) is 0.594. The second kappa shape index (κ2) is 33.1. The van der Waals surface area contributed by atoms with Crippen LogP contribution in [0.4, 0.5) is 9.59 Å². The number of nitrogens with one attached hydrogen (secondary N) is 2. The molecule has 83 heavy (non-hydrogen) atoms. The van der Waals surface area contributed by atoms with Crippen LogP contribution >= 0.6 is 15.9 Å². The van der Waals surface area contributed by atoms with Gasteiger partial charge in [-0.1, -0.05) is 140 Å². The number of phenols is 1. The molecule has 4 saturated heterocycles. The molecular formula is C64H89BrN4O14. The highest BCUT2D eigenvalue weighted by Gasteiger charge is 2.45. The number of nitrogens with zero attached hydrogens (tertiary/aromatic N) is 2. The molecule has 4 aliphatic heterocycles. The maximum Gasteiger partial charge on any atom is 0.407 e. The van der Waals surface area contributed by atoms with Gasteiger partial charge in [0.05, 0.1) is 94.0 Å². The largest absolute Gasteiger partial charge is 0.508 e. The zero-order chi connectivity index (χ0) is 58.5. The molecule has 18 nitrogen and oxygen atoms in total. The number of hydrogen-bond acceptors (Lipinski definition) is 16. The predicted molar refractivity (Wildman–Crippen MR) is 316 cm³/mol.